The van der Waals surface area contributed by atoms with Gasteiger partial charge in [-0.25, -0.2) is 9.97 Å². The number of hydrogen-bond acceptors (Lipinski definition) is 3. The molecule has 0 amide bonds. The van der Waals surface area contributed by atoms with Crippen molar-refractivity contribution in [2.45, 2.75) is 34.5 Å². The number of benzene rings is 8. The third kappa shape index (κ3) is 5.01. The number of nitrogens with zero attached hydrogens (tertiary/aromatic N) is 2. The smallest absolute Gasteiger partial charge is 0.160 e. The maximum absolute atomic E-state index is 5.35. The van der Waals surface area contributed by atoms with Crippen molar-refractivity contribution in [3.05, 3.63) is 228 Å². The molecule has 0 radical (unpaired) electrons. The molecule has 0 N–H and O–H groups in total. The van der Waals surface area contributed by atoms with Crippen molar-refractivity contribution in [2.24, 2.45) is 0 Å². The van der Waals surface area contributed by atoms with Crippen molar-refractivity contribution in [1.82, 2.24) is 9.97 Å². The highest BCUT2D eigenvalue weighted by Crippen LogP contribution is 2.62. The minimum Gasteiger partial charge on any atom is -0.228 e. The Morgan fingerprint density at radius 2 is 0.847 bits per heavy atom. The zero-order chi connectivity index (χ0) is 39.3. The molecule has 278 valence electrons. The van der Waals surface area contributed by atoms with Crippen molar-refractivity contribution >= 4 is 11.8 Å². The first kappa shape index (κ1) is 34.3. The zero-order valence-electron chi connectivity index (χ0n) is 32.8. The molecule has 1 aliphatic heterocycles. The highest BCUT2D eigenvalue weighted by molar-refractivity contribution is 7.99. The Hall–Kier alpha value is -6.81. The molecule has 0 fully saturated rings. The van der Waals surface area contributed by atoms with Gasteiger partial charge in [0, 0.05) is 31.9 Å². The molecule has 8 aromatic carbocycles. The van der Waals surface area contributed by atoms with E-state index < -0.39 is 5.41 Å². The Balaban J connectivity index is 1.01. The highest BCUT2D eigenvalue weighted by Gasteiger charge is 2.50. The summed E-state index contributed by atoms with van der Waals surface area (Å²) in [6.45, 7) is 4.66. The van der Waals surface area contributed by atoms with E-state index in [1.807, 2.05) is 11.8 Å². The highest BCUT2D eigenvalue weighted by atomic mass is 32.2. The molecule has 59 heavy (non-hydrogen) atoms. The van der Waals surface area contributed by atoms with E-state index in [4.69, 9.17) is 9.97 Å². The van der Waals surface area contributed by atoms with Crippen LogP contribution < -0.4 is 0 Å². The summed E-state index contributed by atoms with van der Waals surface area (Å²) in [4.78, 5) is 13.2. The van der Waals surface area contributed by atoms with Crippen LogP contribution in [0.4, 0.5) is 0 Å². The van der Waals surface area contributed by atoms with Gasteiger partial charge in [-0.05, 0) is 103 Å². The summed E-state index contributed by atoms with van der Waals surface area (Å²) in [6, 6.07) is 71.2. The molecular formula is C56H38N2S. The maximum atomic E-state index is 5.35. The van der Waals surface area contributed by atoms with Crippen molar-refractivity contribution in [3.63, 3.8) is 0 Å². The summed E-state index contributed by atoms with van der Waals surface area (Å²) < 4.78 is 0. The van der Waals surface area contributed by atoms with Crippen LogP contribution in [0.3, 0.4) is 0 Å². The van der Waals surface area contributed by atoms with Crippen molar-refractivity contribution < 1.29 is 0 Å². The lowest BCUT2D eigenvalue weighted by Gasteiger charge is -2.40. The van der Waals surface area contributed by atoms with Crippen LogP contribution in [0.25, 0.3) is 67.3 Å². The van der Waals surface area contributed by atoms with E-state index in [0.29, 0.717) is 5.82 Å². The van der Waals surface area contributed by atoms with E-state index >= 15 is 0 Å². The molecule has 1 spiro atoms. The molecule has 12 rings (SSSR count). The quantitative estimate of drug-likeness (QED) is 0.178. The lowest BCUT2D eigenvalue weighted by Crippen LogP contribution is -2.32. The SMILES string of the molecule is CC1(C)c2ccccc2-c2ccc(-c3cc(-c4ccccc4)nc(-c4cccc(-c5ccc6c(c5)C5(c7ccccc7S6)c6ccccc6-c6ccccc65)c4)n3)cc21. The van der Waals surface area contributed by atoms with Gasteiger partial charge in [-0.2, -0.15) is 0 Å². The van der Waals surface area contributed by atoms with Gasteiger partial charge in [0.15, 0.2) is 5.82 Å². The number of fused-ring (bicyclic) bond motifs is 12. The molecule has 0 bridgehead atoms. The van der Waals surface area contributed by atoms with Crippen LogP contribution in [0.5, 0.6) is 0 Å². The second kappa shape index (κ2) is 12.8. The van der Waals surface area contributed by atoms with Crippen LogP contribution in [-0.2, 0) is 10.8 Å². The van der Waals surface area contributed by atoms with Gasteiger partial charge < -0.3 is 0 Å². The van der Waals surface area contributed by atoms with Gasteiger partial charge in [-0.1, -0.05) is 183 Å². The molecule has 0 atom stereocenters. The predicted octanol–water partition coefficient (Wildman–Crippen LogP) is 14.3. The Morgan fingerprint density at radius 3 is 1.59 bits per heavy atom. The van der Waals surface area contributed by atoms with E-state index in [2.05, 4.69) is 208 Å². The fourth-order valence-corrected chi connectivity index (χ4v) is 11.4. The van der Waals surface area contributed by atoms with Crippen molar-refractivity contribution in [2.75, 3.05) is 0 Å². The topological polar surface area (TPSA) is 25.8 Å². The molecule has 0 saturated carbocycles. The lowest BCUT2D eigenvalue weighted by atomic mass is 9.67. The number of rotatable bonds is 4. The molecule has 2 nitrogen and oxygen atoms in total. The van der Waals surface area contributed by atoms with Gasteiger partial charge >= 0.3 is 0 Å². The molecule has 9 aromatic rings. The van der Waals surface area contributed by atoms with Crippen LogP contribution in [0.15, 0.2) is 204 Å². The standard InChI is InChI=1S/C56H38N2S/c1-55(2)44-22-9-6-19-40(44)43-29-27-38(33-48(43)55)51-34-50(35-15-4-3-5-16-35)57-54(58-51)39-18-14-17-36(31-39)37-28-30-53-49(32-37)56(47-25-12-13-26-52(47)59-53)45-23-10-7-20-41(45)42-21-8-11-24-46(42)56/h3-34H,1-2H3. The summed E-state index contributed by atoms with van der Waals surface area (Å²) >= 11 is 1.88. The fraction of sp³-hybridized carbons (Fsp3) is 0.0714. The Labute approximate surface area is 349 Å². The average molecular weight is 771 g/mol. The van der Waals surface area contributed by atoms with Gasteiger partial charge in [0.2, 0.25) is 0 Å². The van der Waals surface area contributed by atoms with Crippen molar-refractivity contribution in [1.29, 1.82) is 0 Å². The van der Waals surface area contributed by atoms with E-state index in [0.717, 1.165) is 33.6 Å². The minimum absolute atomic E-state index is 0.106. The summed E-state index contributed by atoms with van der Waals surface area (Å²) in [5, 5.41) is 0. The molecular weight excluding hydrogens is 733 g/mol. The minimum atomic E-state index is -0.425. The molecule has 3 aliphatic rings. The monoisotopic (exact) mass is 770 g/mol. The largest absolute Gasteiger partial charge is 0.228 e. The third-order valence-electron chi connectivity index (χ3n) is 13.0. The number of aromatic nitrogens is 2. The summed E-state index contributed by atoms with van der Waals surface area (Å²) in [5.41, 5.74) is 20.1. The number of hydrogen-bond donors (Lipinski definition) is 0. The fourth-order valence-electron chi connectivity index (χ4n) is 10.2. The summed E-state index contributed by atoms with van der Waals surface area (Å²) in [6.07, 6.45) is 0. The summed E-state index contributed by atoms with van der Waals surface area (Å²) in [7, 11) is 0. The van der Waals surface area contributed by atoms with E-state index in [1.165, 1.54) is 71.0 Å². The first-order valence-corrected chi connectivity index (χ1v) is 21.2. The first-order chi connectivity index (χ1) is 29.0. The first-order valence-electron chi connectivity index (χ1n) is 20.4. The molecule has 3 heteroatoms. The second-order valence-corrected chi connectivity index (χ2v) is 17.6. The van der Waals surface area contributed by atoms with Crippen LogP contribution in [0.2, 0.25) is 0 Å². The van der Waals surface area contributed by atoms with Gasteiger partial charge in [-0.3, -0.25) is 0 Å². The van der Waals surface area contributed by atoms with Crippen LogP contribution >= 0.6 is 11.8 Å². The normalized spacial score (nSPS) is 14.5. The average Bonchev–Trinajstić information content (AvgIpc) is 3.72. The van der Waals surface area contributed by atoms with Gasteiger partial charge in [-0.15, -0.1) is 0 Å². The molecule has 2 aliphatic carbocycles. The molecule has 2 heterocycles. The van der Waals surface area contributed by atoms with Crippen LogP contribution in [0.1, 0.15) is 47.2 Å². The van der Waals surface area contributed by atoms with E-state index in [1.54, 1.807) is 0 Å². The van der Waals surface area contributed by atoms with Gasteiger partial charge in [0.05, 0.1) is 16.8 Å². The molecule has 1 aromatic heterocycles. The molecule has 0 unspecified atom stereocenters. The zero-order valence-corrected chi connectivity index (χ0v) is 33.6. The van der Waals surface area contributed by atoms with E-state index in [-0.39, 0.29) is 5.41 Å². The van der Waals surface area contributed by atoms with E-state index in [9.17, 15) is 0 Å². The Bertz CT molecular complexity index is 3130. The van der Waals surface area contributed by atoms with Gasteiger partial charge in [0.1, 0.15) is 0 Å². The Morgan fingerprint density at radius 1 is 0.339 bits per heavy atom. The maximum Gasteiger partial charge on any atom is 0.160 e. The second-order valence-electron chi connectivity index (χ2n) is 16.5. The molecule has 0 saturated heterocycles. The van der Waals surface area contributed by atoms with Crippen LogP contribution in [0, 0.1) is 0 Å². The Kier molecular flexibility index (Phi) is 7.46. The predicted molar refractivity (Wildman–Crippen MR) is 243 cm³/mol. The lowest BCUT2D eigenvalue weighted by molar-refractivity contribution is 0.660. The summed E-state index contributed by atoms with van der Waals surface area (Å²) in [5.74, 6) is 0.712. The third-order valence-corrected chi connectivity index (χ3v) is 14.1. The van der Waals surface area contributed by atoms with Crippen LogP contribution in [-0.4, -0.2) is 9.97 Å². The van der Waals surface area contributed by atoms with Crippen molar-refractivity contribution in [3.8, 4) is 67.3 Å². The van der Waals surface area contributed by atoms with Gasteiger partial charge in [0.25, 0.3) is 0 Å².